The van der Waals surface area contributed by atoms with Gasteiger partial charge >= 0.3 is 0 Å². The maximum Gasteiger partial charge on any atom is 0.224 e. The number of methoxy groups -OCH3 is 1. The van der Waals surface area contributed by atoms with Crippen LogP contribution in [0.25, 0.3) is 0 Å². The lowest BCUT2D eigenvalue weighted by Gasteiger charge is -2.29. The number of likely N-dealkylation sites (tertiary alicyclic amines) is 1. The number of amides is 1. The highest BCUT2D eigenvalue weighted by atomic mass is 35.5. The average molecular weight is 378 g/mol. The zero-order valence-electron chi connectivity index (χ0n) is 14.4. The van der Waals surface area contributed by atoms with E-state index in [1.165, 1.54) is 12.8 Å². The van der Waals surface area contributed by atoms with E-state index in [0.29, 0.717) is 13.1 Å². The van der Waals surface area contributed by atoms with E-state index in [0.717, 1.165) is 24.4 Å². The molecule has 138 valence electrons. The van der Waals surface area contributed by atoms with Gasteiger partial charge in [0, 0.05) is 24.6 Å². The predicted molar refractivity (Wildman–Crippen MR) is 102 cm³/mol. The molecule has 2 atom stereocenters. The summed E-state index contributed by atoms with van der Waals surface area (Å²) in [6.45, 7) is 4.93. The lowest BCUT2D eigenvalue weighted by atomic mass is 10.0. The van der Waals surface area contributed by atoms with Crippen LogP contribution in [0.5, 0.6) is 5.75 Å². The summed E-state index contributed by atoms with van der Waals surface area (Å²) in [6.07, 6.45) is 2.41. The van der Waals surface area contributed by atoms with E-state index in [2.05, 4.69) is 16.3 Å². The van der Waals surface area contributed by atoms with E-state index >= 15 is 0 Å². The Morgan fingerprint density at radius 2 is 1.92 bits per heavy atom. The Morgan fingerprint density at radius 3 is 2.50 bits per heavy atom. The molecule has 1 aromatic carbocycles. The molecule has 1 aliphatic rings. The molecule has 1 amide bonds. The summed E-state index contributed by atoms with van der Waals surface area (Å²) in [5.41, 5.74) is 6.70. The molecule has 1 fully saturated rings. The van der Waals surface area contributed by atoms with Gasteiger partial charge in [-0.3, -0.25) is 9.69 Å². The summed E-state index contributed by atoms with van der Waals surface area (Å²) in [4.78, 5) is 14.5. The molecule has 2 rings (SSSR count). The molecule has 1 saturated heterocycles. The minimum absolute atomic E-state index is 0. The standard InChI is InChI=1S/C17H27N3O2.2ClH/c1-13(11-18)17(21)19-12-15(20-9-5-6-10-20)14-7-3-4-8-16(14)22-2;;/h3-4,7-8,13,15H,5-6,9-12,18H2,1-2H3,(H,19,21);2*1H. The van der Waals surface area contributed by atoms with E-state index in [1.807, 2.05) is 25.1 Å². The van der Waals surface area contributed by atoms with Gasteiger partial charge in [-0.15, -0.1) is 24.8 Å². The summed E-state index contributed by atoms with van der Waals surface area (Å²) in [7, 11) is 1.69. The Morgan fingerprint density at radius 1 is 1.29 bits per heavy atom. The normalized spacial score (nSPS) is 16.5. The zero-order valence-corrected chi connectivity index (χ0v) is 16.0. The van der Waals surface area contributed by atoms with Gasteiger partial charge in [-0.25, -0.2) is 0 Å². The molecule has 1 heterocycles. The number of carbonyl (C=O) groups is 1. The quantitative estimate of drug-likeness (QED) is 0.765. The van der Waals surface area contributed by atoms with E-state index in [1.54, 1.807) is 7.11 Å². The van der Waals surface area contributed by atoms with Crippen molar-refractivity contribution in [3.8, 4) is 5.75 Å². The van der Waals surface area contributed by atoms with Crippen LogP contribution in [-0.2, 0) is 4.79 Å². The second kappa shape index (κ2) is 11.5. The third kappa shape index (κ3) is 5.81. The van der Waals surface area contributed by atoms with Crippen LogP contribution >= 0.6 is 24.8 Å². The molecular formula is C17H29Cl2N3O2. The number of ether oxygens (including phenoxy) is 1. The molecule has 0 aliphatic carbocycles. The van der Waals surface area contributed by atoms with Crippen molar-refractivity contribution in [2.75, 3.05) is 33.3 Å². The van der Waals surface area contributed by atoms with Crippen molar-refractivity contribution in [3.05, 3.63) is 29.8 Å². The molecule has 2 unspecified atom stereocenters. The first-order chi connectivity index (χ1) is 10.7. The smallest absolute Gasteiger partial charge is 0.224 e. The summed E-state index contributed by atoms with van der Waals surface area (Å²) in [5, 5.41) is 3.04. The van der Waals surface area contributed by atoms with Gasteiger partial charge in [-0.05, 0) is 32.0 Å². The van der Waals surface area contributed by atoms with Gasteiger partial charge in [0.1, 0.15) is 5.75 Å². The molecule has 24 heavy (non-hydrogen) atoms. The number of rotatable bonds is 7. The maximum atomic E-state index is 12.0. The number of benzene rings is 1. The van der Waals surface area contributed by atoms with E-state index in [4.69, 9.17) is 10.5 Å². The van der Waals surface area contributed by atoms with Crippen LogP contribution in [0.1, 0.15) is 31.4 Å². The fourth-order valence-electron chi connectivity index (χ4n) is 2.91. The van der Waals surface area contributed by atoms with E-state index in [9.17, 15) is 4.79 Å². The summed E-state index contributed by atoms with van der Waals surface area (Å²) in [6, 6.07) is 8.19. The Balaban J connectivity index is 0.00000264. The largest absolute Gasteiger partial charge is 0.496 e. The zero-order chi connectivity index (χ0) is 15.9. The Kier molecular flexibility index (Phi) is 11.0. The Bertz CT molecular complexity index is 496. The molecule has 0 radical (unpaired) electrons. The third-order valence-corrected chi connectivity index (χ3v) is 4.35. The summed E-state index contributed by atoms with van der Waals surface area (Å²) < 4.78 is 5.50. The van der Waals surface area contributed by atoms with Gasteiger partial charge in [0.05, 0.1) is 13.2 Å². The van der Waals surface area contributed by atoms with Crippen molar-refractivity contribution < 1.29 is 9.53 Å². The number of hydrogen-bond donors (Lipinski definition) is 2. The molecule has 0 spiro atoms. The molecule has 1 aromatic rings. The number of carbonyl (C=O) groups excluding carboxylic acids is 1. The minimum atomic E-state index is -0.156. The van der Waals surface area contributed by atoms with Gasteiger partial charge in [-0.1, -0.05) is 25.1 Å². The first-order valence-corrected chi connectivity index (χ1v) is 8.02. The Hall–Kier alpha value is -1.01. The monoisotopic (exact) mass is 377 g/mol. The molecule has 0 saturated carbocycles. The molecule has 0 aromatic heterocycles. The van der Waals surface area contributed by atoms with Crippen LogP contribution in [-0.4, -0.2) is 44.1 Å². The number of nitrogens with two attached hydrogens (primary N) is 1. The minimum Gasteiger partial charge on any atom is -0.496 e. The van der Waals surface area contributed by atoms with Crippen molar-refractivity contribution in [1.82, 2.24) is 10.2 Å². The topological polar surface area (TPSA) is 67.6 Å². The van der Waals surface area contributed by atoms with Crippen LogP contribution in [0, 0.1) is 5.92 Å². The Labute approximate surface area is 157 Å². The first-order valence-electron chi connectivity index (χ1n) is 8.02. The second-order valence-corrected chi connectivity index (χ2v) is 5.88. The van der Waals surface area contributed by atoms with Crippen molar-refractivity contribution in [2.45, 2.75) is 25.8 Å². The lowest BCUT2D eigenvalue weighted by molar-refractivity contribution is -0.124. The highest BCUT2D eigenvalue weighted by Crippen LogP contribution is 2.31. The number of nitrogens with zero attached hydrogens (tertiary/aromatic N) is 1. The fourth-order valence-corrected chi connectivity index (χ4v) is 2.91. The summed E-state index contributed by atoms with van der Waals surface area (Å²) >= 11 is 0. The van der Waals surface area contributed by atoms with Crippen molar-refractivity contribution in [3.63, 3.8) is 0 Å². The molecule has 3 N–H and O–H groups in total. The van der Waals surface area contributed by atoms with Crippen molar-refractivity contribution >= 4 is 30.7 Å². The molecule has 0 bridgehead atoms. The third-order valence-electron chi connectivity index (χ3n) is 4.35. The van der Waals surface area contributed by atoms with E-state index < -0.39 is 0 Å². The van der Waals surface area contributed by atoms with Gasteiger partial charge < -0.3 is 15.8 Å². The second-order valence-electron chi connectivity index (χ2n) is 5.88. The molecule has 1 aliphatic heterocycles. The van der Waals surface area contributed by atoms with Crippen LogP contribution in [0.4, 0.5) is 0 Å². The number of hydrogen-bond acceptors (Lipinski definition) is 4. The highest BCUT2D eigenvalue weighted by molar-refractivity contribution is 5.85. The van der Waals surface area contributed by atoms with Crippen LogP contribution in [0.3, 0.4) is 0 Å². The number of halogens is 2. The molecule has 5 nitrogen and oxygen atoms in total. The highest BCUT2D eigenvalue weighted by Gasteiger charge is 2.26. The van der Waals surface area contributed by atoms with E-state index in [-0.39, 0.29) is 42.7 Å². The van der Waals surface area contributed by atoms with Crippen LogP contribution < -0.4 is 15.8 Å². The summed E-state index contributed by atoms with van der Waals surface area (Å²) in [5.74, 6) is 0.735. The van der Waals surface area contributed by atoms with Crippen molar-refractivity contribution in [2.24, 2.45) is 11.7 Å². The lowest BCUT2D eigenvalue weighted by Crippen LogP contribution is -2.40. The van der Waals surface area contributed by atoms with Crippen molar-refractivity contribution in [1.29, 1.82) is 0 Å². The van der Waals surface area contributed by atoms with Gasteiger partial charge in [0.15, 0.2) is 0 Å². The SMILES string of the molecule is COc1ccccc1C(CNC(=O)C(C)CN)N1CCCC1.Cl.Cl. The van der Waals surface area contributed by atoms with Gasteiger partial charge in [-0.2, -0.15) is 0 Å². The molecule has 7 heteroatoms. The van der Waals surface area contributed by atoms with Gasteiger partial charge in [0.25, 0.3) is 0 Å². The number of para-hydroxylation sites is 1. The van der Waals surface area contributed by atoms with Gasteiger partial charge in [0.2, 0.25) is 5.91 Å². The predicted octanol–water partition coefficient (Wildman–Crippen LogP) is 2.39. The molecular weight excluding hydrogens is 349 g/mol. The fraction of sp³-hybridized carbons (Fsp3) is 0.588. The van der Waals surface area contributed by atoms with Crippen LogP contribution in [0.15, 0.2) is 24.3 Å². The average Bonchev–Trinajstić information content (AvgIpc) is 3.08. The van der Waals surface area contributed by atoms with Crippen LogP contribution in [0.2, 0.25) is 0 Å². The maximum absolute atomic E-state index is 12.0. The first kappa shape index (κ1) is 23.0. The number of nitrogens with one attached hydrogen (secondary N) is 1.